The predicted octanol–water partition coefficient (Wildman–Crippen LogP) is 4.17. The number of aromatic nitrogens is 3. The Labute approximate surface area is 185 Å². The third kappa shape index (κ3) is 3.29. The van der Waals surface area contributed by atoms with Crippen LogP contribution in [0.4, 0.5) is 15.8 Å². The summed E-state index contributed by atoms with van der Waals surface area (Å²) in [6, 6.07) is 6.53. The lowest BCUT2D eigenvalue weighted by atomic mass is 10.00. The molecule has 0 bridgehead atoms. The van der Waals surface area contributed by atoms with Gasteiger partial charge >= 0.3 is 0 Å². The zero-order valence-electron chi connectivity index (χ0n) is 17.9. The number of aromatic amines is 1. The van der Waals surface area contributed by atoms with Crippen LogP contribution in [0.25, 0.3) is 22.2 Å². The third-order valence-corrected chi connectivity index (χ3v) is 7.14. The molecule has 0 aliphatic carbocycles. The number of pyridine rings is 2. The Bertz CT molecular complexity index is 1460. The monoisotopic (exact) mass is 451 g/mol. The van der Waals surface area contributed by atoms with Gasteiger partial charge in [-0.2, -0.15) is 8.42 Å². The van der Waals surface area contributed by atoms with E-state index in [1.54, 1.807) is 31.5 Å². The van der Waals surface area contributed by atoms with E-state index in [0.29, 0.717) is 33.4 Å². The number of nitrogens with zero attached hydrogens (tertiary/aromatic N) is 3. The predicted molar refractivity (Wildman–Crippen MR) is 123 cm³/mol. The number of H-pyrrole nitrogens is 1. The van der Waals surface area contributed by atoms with Crippen molar-refractivity contribution in [1.82, 2.24) is 15.0 Å². The maximum Gasteiger partial charge on any atom is 0.279 e. The van der Waals surface area contributed by atoms with E-state index in [-0.39, 0.29) is 10.8 Å². The van der Waals surface area contributed by atoms with Crippen LogP contribution >= 0.6 is 0 Å². The van der Waals surface area contributed by atoms with Gasteiger partial charge in [0.25, 0.3) is 10.0 Å². The summed E-state index contributed by atoms with van der Waals surface area (Å²) in [5.41, 5.74) is 5.17. The van der Waals surface area contributed by atoms with Crippen LogP contribution in [-0.4, -0.2) is 37.0 Å². The molecule has 0 fully saturated rings. The van der Waals surface area contributed by atoms with Crippen molar-refractivity contribution >= 4 is 32.4 Å². The lowest BCUT2D eigenvalue weighted by Gasteiger charge is -2.15. The second-order valence-corrected chi connectivity index (χ2v) is 9.78. The SMILES string of the molecule is Cc1ccc(S(=O)(=O)Nc2c(C)cnc3[nH]cc(-c4cc5c(cc4F)CCN5C)c23)nc1. The van der Waals surface area contributed by atoms with Crippen LogP contribution < -0.4 is 9.62 Å². The Kier molecular flexibility index (Phi) is 4.67. The molecule has 2 N–H and O–H groups in total. The summed E-state index contributed by atoms with van der Waals surface area (Å²) in [4.78, 5) is 13.6. The number of hydrogen-bond donors (Lipinski definition) is 2. The largest absolute Gasteiger partial charge is 0.374 e. The van der Waals surface area contributed by atoms with Crippen LogP contribution in [0.15, 0.2) is 47.9 Å². The van der Waals surface area contributed by atoms with Crippen LogP contribution in [-0.2, 0) is 16.4 Å². The smallest absolute Gasteiger partial charge is 0.279 e. The molecule has 0 atom stereocenters. The van der Waals surface area contributed by atoms with E-state index in [4.69, 9.17) is 0 Å². The average molecular weight is 452 g/mol. The zero-order chi connectivity index (χ0) is 22.6. The van der Waals surface area contributed by atoms with Crippen LogP contribution in [0.3, 0.4) is 0 Å². The number of rotatable bonds is 4. The van der Waals surface area contributed by atoms with Crippen molar-refractivity contribution in [2.45, 2.75) is 25.3 Å². The number of nitrogens with one attached hydrogen (secondary N) is 2. The minimum atomic E-state index is -3.95. The van der Waals surface area contributed by atoms with Crippen molar-refractivity contribution < 1.29 is 12.8 Å². The molecular formula is C23H22FN5O2S. The quantitative estimate of drug-likeness (QED) is 0.486. The van der Waals surface area contributed by atoms with E-state index in [1.165, 1.54) is 12.3 Å². The molecule has 1 aliphatic heterocycles. The first-order chi connectivity index (χ1) is 15.2. The molecule has 0 unspecified atom stereocenters. The molecule has 5 rings (SSSR count). The van der Waals surface area contributed by atoms with Crippen molar-refractivity contribution in [3.63, 3.8) is 0 Å². The Morgan fingerprint density at radius 3 is 2.69 bits per heavy atom. The molecule has 0 amide bonds. The standard InChI is InChI=1S/C23H22FN5O2S/c1-13-4-5-20(25-10-13)32(30,31)28-22-14(2)11-26-23-21(22)17(12-27-23)16-9-19-15(8-18(16)24)6-7-29(19)3/h4-5,8-12H,6-7H2,1-3H3,(H2,26,27,28). The highest BCUT2D eigenvalue weighted by atomic mass is 32.2. The maximum absolute atomic E-state index is 15.1. The molecule has 0 saturated carbocycles. The number of hydrogen-bond acceptors (Lipinski definition) is 5. The topological polar surface area (TPSA) is 91.0 Å². The van der Waals surface area contributed by atoms with Crippen molar-refractivity contribution in [3.05, 3.63) is 65.4 Å². The van der Waals surface area contributed by atoms with Gasteiger partial charge in [-0.3, -0.25) is 4.72 Å². The minimum Gasteiger partial charge on any atom is -0.374 e. The Hall–Kier alpha value is -3.46. The molecule has 0 saturated heterocycles. The number of sulfonamides is 1. The highest BCUT2D eigenvalue weighted by Gasteiger charge is 2.24. The van der Waals surface area contributed by atoms with Gasteiger partial charge in [-0.05, 0) is 55.2 Å². The number of benzene rings is 1. The summed E-state index contributed by atoms with van der Waals surface area (Å²) in [6.45, 7) is 4.43. The Morgan fingerprint density at radius 2 is 1.94 bits per heavy atom. The molecular weight excluding hydrogens is 429 g/mol. The van der Waals surface area contributed by atoms with Gasteiger partial charge in [0.2, 0.25) is 0 Å². The molecule has 0 spiro atoms. The molecule has 4 heterocycles. The highest BCUT2D eigenvalue weighted by molar-refractivity contribution is 7.92. The first-order valence-electron chi connectivity index (χ1n) is 10.2. The molecule has 3 aromatic heterocycles. The van der Waals surface area contributed by atoms with Crippen LogP contribution in [0.5, 0.6) is 0 Å². The molecule has 0 radical (unpaired) electrons. The van der Waals surface area contributed by atoms with Gasteiger partial charge in [0.05, 0.1) is 11.1 Å². The van der Waals surface area contributed by atoms with Crippen LogP contribution in [0.2, 0.25) is 0 Å². The highest BCUT2D eigenvalue weighted by Crippen LogP contribution is 2.40. The summed E-state index contributed by atoms with van der Waals surface area (Å²) in [7, 11) is -1.98. The number of fused-ring (bicyclic) bond motifs is 2. The van der Waals surface area contributed by atoms with Gasteiger partial charge in [-0.15, -0.1) is 0 Å². The van der Waals surface area contributed by atoms with E-state index >= 15 is 4.39 Å². The van der Waals surface area contributed by atoms with Gasteiger partial charge in [-0.25, -0.2) is 14.4 Å². The summed E-state index contributed by atoms with van der Waals surface area (Å²) >= 11 is 0. The Balaban J connectivity index is 1.68. The zero-order valence-corrected chi connectivity index (χ0v) is 18.7. The summed E-state index contributed by atoms with van der Waals surface area (Å²) in [5, 5.41) is 0.426. The second-order valence-electron chi connectivity index (χ2n) is 8.15. The molecule has 1 aliphatic rings. The third-order valence-electron chi connectivity index (χ3n) is 5.87. The van der Waals surface area contributed by atoms with Gasteiger partial charge in [0, 0.05) is 49.0 Å². The summed E-state index contributed by atoms with van der Waals surface area (Å²) in [6.07, 6.45) is 5.54. The fourth-order valence-electron chi connectivity index (χ4n) is 4.11. The average Bonchev–Trinajstić information content (AvgIpc) is 3.33. The number of likely N-dealkylation sites (N-methyl/N-ethyl adjacent to an activating group) is 1. The first kappa shape index (κ1) is 20.4. The lowest BCUT2D eigenvalue weighted by molar-refractivity contribution is 0.597. The number of halogens is 1. The van der Waals surface area contributed by atoms with Gasteiger partial charge < -0.3 is 9.88 Å². The van der Waals surface area contributed by atoms with Gasteiger partial charge in [-0.1, -0.05) is 6.07 Å². The normalized spacial score (nSPS) is 13.6. The molecule has 164 valence electrons. The molecule has 32 heavy (non-hydrogen) atoms. The van der Waals surface area contributed by atoms with Crippen LogP contribution in [0, 0.1) is 19.7 Å². The summed E-state index contributed by atoms with van der Waals surface area (Å²) < 4.78 is 43.9. The molecule has 7 nitrogen and oxygen atoms in total. The van der Waals surface area contributed by atoms with Crippen molar-refractivity contribution in [2.75, 3.05) is 23.2 Å². The minimum absolute atomic E-state index is 0.0881. The fraction of sp³-hybridized carbons (Fsp3) is 0.217. The van der Waals surface area contributed by atoms with E-state index < -0.39 is 10.0 Å². The fourth-order valence-corrected chi connectivity index (χ4v) is 5.18. The van der Waals surface area contributed by atoms with Gasteiger partial charge in [0.1, 0.15) is 11.5 Å². The van der Waals surface area contributed by atoms with E-state index in [1.807, 2.05) is 20.0 Å². The second kappa shape index (κ2) is 7.30. The van der Waals surface area contributed by atoms with Crippen molar-refractivity contribution in [1.29, 1.82) is 0 Å². The van der Waals surface area contributed by atoms with Crippen LogP contribution in [0.1, 0.15) is 16.7 Å². The number of aryl methyl sites for hydroxylation is 2. The van der Waals surface area contributed by atoms with E-state index in [2.05, 4.69) is 24.6 Å². The molecule has 1 aromatic carbocycles. The number of anilines is 2. The maximum atomic E-state index is 15.1. The first-order valence-corrected chi connectivity index (χ1v) is 11.7. The van der Waals surface area contributed by atoms with E-state index in [9.17, 15) is 8.42 Å². The summed E-state index contributed by atoms with van der Waals surface area (Å²) in [5.74, 6) is -0.351. The molecule has 9 heteroatoms. The molecule has 4 aromatic rings. The Morgan fingerprint density at radius 1 is 1.12 bits per heavy atom. The van der Waals surface area contributed by atoms with Gasteiger partial charge in [0.15, 0.2) is 5.03 Å². The van der Waals surface area contributed by atoms with E-state index in [0.717, 1.165) is 29.8 Å². The lowest BCUT2D eigenvalue weighted by Crippen LogP contribution is -2.15. The van der Waals surface area contributed by atoms with Crippen molar-refractivity contribution in [3.8, 4) is 11.1 Å². The van der Waals surface area contributed by atoms with Crippen molar-refractivity contribution in [2.24, 2.45) is 0 Å².